The zero-order chi connectivity index (χ0) is 12.6. The lowest BCUT2D eigenvalue weighted by Crippen LogP contribution is -2.04. The normalized spacial score (nSPS) is 10.4. The lowest BCUT2D eigenvalue weighted by atomic mass is 10.1. The van der Waals surface area contributed by atoms with Crippen molar-refractivity contribution in [3.8, 4) is 0 Å². The van der Waals surface area contributed by atoms with Crippen molar-refractivity contribution in [3.63, 3.8) is 0 Å². The molecular weight excluding hydrogens is 228 g/mol. The summed E-state index contributed by atoms with van der Waals surface area (Å²) in [7, 11) is 0. The molecule has 0 fully saturated rings. The van der Waals surface area contributed by atoms with Crippen LogP contribution in [-0.2, 0) is 0 Å². The molecule has 0 aliphatic heterocycles. The second-order valence-corrected chi connectivity index (χ2v) is 3.23. The number of nitrogen functional groups attached to an aromatic ring is 1. The van der Waals surface area contributed by atoms with E-state index in [1.165, 1.54) is 12.1 Å². The second-order valence-electron chi connectivity index (χ2n) is 3.23. The van der Waals surface area contributed by atoms with Gasteiger partial charge in [-0.05, 0) is 22.0 Å². The van der Waals surface area contributed by atoms with Gasteiger partial charge in [0.15, 0.2) is 5.52 Å². The average Bonchev–Trinajstić information content (AvgIpc) is 2.27. The Morgan fingerprint density at radius 2 is 1.76 bits per heavy atom. The molecular formula is C9H6N4O4. The van der Waals surface area contributed by atoms with E-state index in [1.54, 1.807) is 12.1 Å². The number of benzene rings is 1. The summed E-state index contributed by atoms with van der Waals surface area (Å²) in [5.41, 5.74) is 4.56. The average molecular weight is 234 g/mol. The van der Waals surface area contributed by atoms with Crippen molar-refractivity contribution in [1.82, 2.24) is 4.98 Å². The molecule has 0 saturated heterocycles. The highest BCUT2D eigenvalue weighted by molar-refractivity contribution is 5.95. The third kappa shape index (κ3) is 1.61. The first-order valence-electron chi connectivity index (χ1n) is 4.49. The summed E-state index contributed by atoms with van der Waals surface area (Å²) in [6.07, 6.45) is 0. The van der Waals surface area contributed by atoms with E-state index in [1.807, 2.05) is 0 Å². The van der Waals surface area contributed by atoms with E-state index in [-0.39, 0.29) is 10.9 Å². The molecule has 1 aromatic carbocycles. The predicted octanol–water partition coefficient (Wildman–Crippen LogP) is 1.63. The summed E-state index contributed by atoms with van der Waals surface area (Å²) in [6.45, 7) is 0. The molecule has 17 heavy (non-hydrogen) atoms. The molecule has 0 bridgehead atoms. The quantitative estimate of drug-likeness (QED) is 0.621. The highest BCUT2D eigenvalue weighted by Crippen LogP contribution is 2.35. The summed E-state index contributed by atoms with van der Waals surface area (Å²) >= 11 is 0. The Balaban J connectivity index is 2.95. The standard InChI is InChI=1S/C9H6N4O4/c10-7-8(12(14)15)5-3-1-2-4-6(5)11-9(7)13(16)17/h1-4H,10H2. The fourth-order valence-corrected chi connectivity index (χ4v) is 1.53. The number of rotatable bonds is 2. The van der Waals surface area contributed by atoms with Gasteiger partial charge in [-0.25, -0.2) is 0 Å². The van der Waals surface area contributed by atoms with Gasteiger partial charge < -0.3 is 15.8 Å². The predicted molar refractivity (Wildman–Crippen MR) is 59.5 cm³/mol. The van der Waals surface area contributed by atoms with Crippen molar-refractivity contribution >= 4 is 28.1 Å². The topological polar surface area (TPSA) is 125 Å². The van der Waals surface area contributed by atoms with Crippen LogP contribution in [0.15, 0.2) is 24.3 Å². The Morgan fingerprint density at radius 3 is 2.35 bits per heavy atom. The maximum atomic E-state index is 10.9. The summed E-state index contributed by atoms with van der Waals surface area (Å²) in [5.74, 6) is -0.699. The van der Waals surface area contributed by atoms with Crippen LogP contribution in [-0.4, -0.2) is 14.8 Å². The highest BCUT2D eigenvalue weighted by Gasteiger charge is 2.28. The van der Waals surface area contributed by atoms with Crippen molar-refractivity contribution < 1.29 is 9.85 Å². The van der Waals surface area contributed by atoms with Crippen molar-refractivity contribution in [3.05, 3.63) is 44.5 Å². The Kier molecular flexibility index (Phi) is 2.32. The van der Waals surface area contributed by atoms with Gasteiger partial charge in [-0.1, -0.05) is 12.1 Å². The number of nitro groups is 2. The van der Waals surface area contributed by atoms with Crippen LogP contribution in [0.3, 0.4) is 0 Å². The van der Waals surface area contributed by atoms with Gasteiger partial charge in [0.2, 0.25) is 5.69 Å². The van der Waals surface area contributed by atoms with Crippen molar-refractivity contribution in [2.45, 2.75) is 0 Å². The molecule has 1 aromatic heterocycles. The molecule has 0 saturated carbocycles. The fourth-order valence-electron chi connectivity index (χ4n) is 1.53. The molecule has 0 aliphatic rings. The Bertz CT molecular complexity index is 640. The van der Waals surface area contributed by atoms with Gasteiger partial charge in [0.25, 0.3) is 0 Å². The number of hydrogen-bond acceptors (Lipinski definition) is 6. The van der Waals surface area contributed by atoms with Crippen LogP contribution in [0.4, 0.5) is 17.2 Å². The number of pyridine rings is 1. The maximum Gasteiger partial charge on any atom is 0.394 e. The number of hydrogen-bond donors (Lipinski definition) is 1. The van der Waals surface area contributed by atoms with E-state index in [0.717, 1.165) is 0 Å². The molecule has 0 atom stereocenters. The molecule has 0 amide bonds. The third-order valence-electron chi connectivity index (χ3n) is 2.24. The Labute approximate surface area is 94.0 Å². The minimum Gasteiger partial charge on any atom is -0.386 e. The number of fused-ring (bicyclic) bond motifs is 1. The lowest BCUT2D eigenvalue weighted by Gasteiger charge is -2.01. The number of aromatic nitrogens is 1. The zero-order valence-corrected chi connectivity index (χ0v) is 8.36. The second kappa shape index (κ2) is 3.67. The molecule has 0 aliphatic carbocycles. The molecule has 2 aromatic rings. The van der Waals surface area contributed by atoms with E-state index >= 15 is 0 Å². The van der Waals surface area contributed by atoms with Crippen molar-refractivity contribution in [2.24, 2.45) is 0 Å². The lowest BCUT2D eigenvalue weighted by molar-refractivity contribution is -0.394. The van der Waals surface area contributed by atoms with Crippen LogP contribution in [0.1, 0.15) is 0 Å². The summed E-state index contributed by atoms with van der Waals surface area (Å²) in [6, 6.07) is 6.05. The van der Waals surface area contributed by atoms with E-state index < -0.39 is 27.0 Å². The first-order valence-corrected chi connectivity index (χ1v) is 4.49. The van der Waals surface area contributed by atoms with Crippen LogP contribution >= 0.6 is 0 Å². The summed E-state index contributed by atoms with van der Waals surface area (Å²) < 4.78 is 0. The molecule has 1 heterocycles. The molecule has 8 nitrogen and oxygen atoms in total. The third-order valence-corrected chi connectivity index (χ3v) is 2.24. The number of nitrogens with zero attached hydrogens (tertiary/aromatic N) is 3. The van der Waals surface area contributed by atoms with E-state index in [0.29, 0.717) is 0 Å². The molecule has 86 valence electrons. The summed E-state index contributed by atoms with van der Waals surface area (Å²) in [4.78, 5) is 23.7. The van der Waals surface area contributed by atoms with E-state index in [2.05, 4.69) is 4.98 Å². The first kappa shape index (κ1) is 10.7. The molecule has 0 spiro atoms. The largest absolute Gasteiger partial charge is 0.394 e. The van der Waals surface area contributed by atoms with Crippen molar-refractivity contribution in [1.29, 1.82) is 0 Å². The van der Waals surface area contributed by atoms with Crippen LogP contribution in [0, 0.1) is 20.2 Å². The number of anilines is 1. The number of nitrogens with two attached hydrogens (primary N) is 1. The molecule has 2 rings (SSSR count). The van der Waals surface area contributed by atoms with Crippen LogP contribution in [0.2, 0.25) is 0 Å². The SMILES string of the molecule is Nc1c([N+](=O)[O-])nc2ccccc2c1[N+](=O)[O-]. The monoisotopic (exact) mass is 234 g/mol. The Morgan fingerprint density at radius 1 is 1.12 bits per heavy atom. The van der Waals surface area contributed by atoms with Crippen LogP contribution < -0.4 is 5.73 Å². The minimum absolute atomic E-state index is 0.167. The zero-order valence-electron chi connectivity index (χ0n) is 8.36. The van der Waals surface area contributed by atoms with Gasteiger partial charge >= 0.3 is 11.5 Å². The van der Waals surface area contributed by atoms with E-state index in [4.69, 9.17) is 5.73 Å². The van der Waals surface area contributed by atoms with Gasteiger partial charge in [-0.2, -0.15) is 0 Å². The van der Waals surface area contributed by atoms with Gasteiger partial charge in [-0.3, -0.25) is 10.1 Å². The molecule has 8 heteroatoms. The molecule has 0 radical (unpaired) electrons. The van der Waals surface area contributed by atoms with Crippen LogP contribution in [0.25, 0.3) is 10.9 Å². The van der Waals surface area contributed by atoms with Gasteiger partial charge in [-0.15, -0.1) is 0 Å². The maximum absolute atomic E-state index is 10.9. The Hall–Kier alpha value is -2.77. The van der Waals surface area contributed by atoms with Crippen LogP contribution in [0.5, 0.6) is 0 Å². The minimum atomic E-state index is -0.839. The first-order chi connectivity index (χ1) is 8.02. The van der Waals surface area contributed by atoms with E-state index in [9.17, 15) is 20.2 Å². The van der Waals surface area contributed by atoms with Gasteiger partial charge in [0.05, 0.1) is 4.92 Å². The van der Waals surface area contributed by atoms with Gasteiger partial charge in [0.1, 0.15) is 5.39 Å². The highest BCUT2D eigenvalue weighted by atomic mass is 16.6. The fraction of sp³-hybridized carbons (Fsp3) is 0. The van der Waals surface area contributed by atoms with Crippen molar-refractivity contribution in [2.75, 3.05) is 5.73 Å². The molecule has 0 unspecified atom stereocenters. The number of para-hydroxylation sites is 1. The summed E-state index contributed by atoms with van der Waals surface area (Å²) in [5, 5.41) is 21.7. The van der Waals surface area contributed by atoms with Gasteiger partial charge in [0, 0.05) is 0 Å². The smallest absolute Gasteiger partial charge is 0.386 e. The molecule has 2 N–H and O–H groups in total.